The van der Waals surface area contributed by atoms with Crippen molar-refractivity contribution in [1.29, 1.82) is 10.5 Å². The van der Waals surface area contributed by atoms with E-state index in [9.17, 15) is 0 Å². The van der Waals surface area contributed by atoms with Crippen molar-refractivity contribution in [2.24, 2.45) is 11.6 Å². The zero-order valence-corrected chi connectivity index (χ0v) is 9.16. The van der Waals surface area contributed by atoms with Crippen molar-refractivity contribution in [3.8, 4) is 12.1 Å². The molecule has 0 aromatic heterocycles. The highest BCUT2D eigenvalue weighted by Gasteiger charge is 2.07. The molecule has 0 atom stereocenters. The molecule has 0 aliphatic heterocycles. The summed E-state index contributed by atoms with van der Waals surface area (Å²) in [6.07, 6.45) is 0. The second-order valence-corrected chi connectivity index (χ2v) is 3.48. The number of thiocarbonyl (C=S) groups is 1. The van der Waals surface area contributed by atoms with Gasteiger partial charge in [0.25, 0.3) is 0 Å². The predicted molar refractivity (Wildman–Crippen MR) is 62.4 cm³/mol. The van der Waals surface area contributed by atoms with Gasteiger partial charge in [-0.15, -0.1) is 0 Å². The Bertz CT molecular complexity index is 497. The first kappa shape index (κ1) is 11.9. The summed E-state index contributed by atoms with van der Waals surface area (Å²) in [4.78, 5) is 0. The molecule has 4 N–H and O–H groups in total. The van der Waals surface area contributed by atoms with Crippen LogP contribution in [0, 0.1) is 22.7 Å². The maximum atomic E-state index is 8.91. The number of benzene rings is 1. The van der Waals surface area contributed by atoms with Gasteiger partial charge in [0.2, 0.25) is 0 Å². The second kappa shape index (κ2) is 5.08. The Morgan fingerprint density at radius 1 is 1.38 bits per heavy atom. The van der Waals surface area contributed by atoms with Crippen LogP contribution in [0.5, 0.6) is 0 Å². The fourth-order valence-electron chi connectivity index (χ4n) is 1.15. The van der Waals surface area contributed by atoms with Crippen molar-refractivity contribution in [3.63, 3.8) is 0 Å². The number of rotatable bonds is 2. The molecular weight excluding hydrogens is 222 g/mol. The fourth-order valence-corrected chi connectivity index (χ4v) is 1.21. The van der Waals surface area contributed by atoms with Crippen LogP contribution in [0.3, 0.4) is 0 Å². The lowest BCUT2D eigenvalue weighted by Crippen LogP contribution is -2.40. The zero-order valence-electron chi connectivity index (χ0n) is 8.34. The highest BCUT2D eigenvalue weighted by Crippen LogP contribution is 2.12. The lowest BCUT2D eigenvalue weighted by atomic mass is 10.1. The van der Waals surface area contributed by atoms with Gasteiger partial charge in [-0.3, -0.25) is 5.01 Å². The lowest BCUT2D eigenvalue weighted by Gasteiger charge is -2.16. The van der Waals surface area contributed by atoms with Crippen molar-refractivity contribution in [1.82, 2.24) is 5.01 Å². The molecule has 0 saturated carbocycles. The van der Waals surface area contributed by atoms with Crippen LogP contribution in [-0.2, 0) is 6.54 Å². The number of nitrogens with zero attached hydrogens (tertiary/aromatic N) is 3. The van der Waals surface area contributed by atoms with E-state index in [0.717, 1.165) is 5.01 Å². The molecule has 0 fully saturated rings. The van der Waals surface area contributed by atoms with Gasteiger partial charge in [0.1, 0.15) is 0 Å². The standard InChI is InChI=1S/C10H9N5S/c11-4-7-1-2-8(9(3-7)5-12)6-15(14)10(13)16/h1-3H,6,14H2,(H2,13,16). The first-order chi connectivity index (χ1) is 7.58. The van der Waals surface area contributed by atoms with E-state index in [1.54, 1.807) is 12.1 Å². The van der Waals surface area contributed by atoms with Crippen molar-refractivity contribution in [2.45, 2.75) is 6.54 Å². The Balaban J connectivity index is 3.03. The van der Waals surface area contributed by atoms with Crippen molar-refractivity contribution in [2.75, 3.05) is 0 Å². The normalized spacial score (nSPS) is 8.94. The van der Waals surface area contributed by atoms with Crippen LogP contribution in [0.15, 0.2) is 18.2 Å². The van der Waals surface area contributed by atoms with Crippen molar-refractivity contribution in [3.05, 3.63) is 34.9 Å². The van der Waals surface area contributed by atoms with Gasteiger partial charge in [0.15, 0.2) is 5.11 Å². The lowest BCUT2D eigenvalue weighted by molar-refractivity contribution is 0.437. The molecule has 1 rings (SSSR count). The summed E-state index contributed by atoms with van der Waals surface area (Å²) >= 11 is 4.69. The Labute approximate surface area is 98.4 Å². The summed E-state index contributed by atoms with van der Waals surface area (Å²) in [7, 11) is 0. The highest BCUT2D eigenvalue weighted by molar-refractivity contribution is 7.80. The van der Waals surface area contributed by atoms with E-state index in [0.29, 0.717) is 16.7 Å². The van der Waals surface area contributed by atoms with Gasteiger partial charge in [0, 0.05) is 0 Å². The molecule has 0 amide bonds. The number of nitriles is 2. The molecule has 0 spiro atoms. The molecule has 0 radical (unpaired) electrons. The number of hydrogen-bond donors (Lipinski definition) is 2. The molecule has 0 saturated heterocycles. The molecule has 0 aliphatic rings. The minimum absolute atomic E-state index is 0.0493. The molecule has 1 aromatic rings. The van der Waals surface area contributed by atoms with Crippen molar-refractivity contribution >= 4 is 17.3 Å². The van der Waals surface area contributed by atoms with Gasteiger partial charge in [-0.25, -0.2) is 5.84 Å². The molecule has 80 valence electrons. The highest BCUT2D eigenvalue weighted by atomic mass is 32.1. The summed E-state index contributed by atoms with van der Waals surface area (Å²) in [6, 6.07) is 8.74. The molecule has 0 unspecified atom stereocenters. The third-order valence-corrected chi connectivity index (χ3v) is 2.22. The van der Waals surface area contributed by atoms with Crippen LogP contribution in [0.4, 0.5) is 0 Å². The minimum atomic E-state index is 0.0493. The largest absolute Gasteiger partial charge is 0.375 e. The first-order valence-corrected chi connectivity index (χ1v) is 4.74. The second-order valence-electron chi connectivity index (χ2n) is 3.06. The molecule has 0 aliphatic carbocycles. The van der Waals surface area contributed by atoms with Crippen molar-refractivity contribution < 1.29 is 0 Å². The Hall–Kier alpha value is -2.15. The van der Waals surface area contributed by atoms with Crippen LogP contribution < -0.4 is 11.6 Å². The molecular formula is C10H9N5S. The summed E-state index contributed by atoms with van der Waals surface area (Å²) in [5, 5.41) is 18.8. The summed E-state index contributed by atoms with van der Waals surface area (Å²) in [6.45, 7) is 0.240. The van der Waals surface area contributed by atoms with Gasteiger partial charge in [-0.1, -0.05) is 6.07 Å². The van der Waals surface area contributed by atoms with Gasteiger partial charge in [0.05, 0.1) is 29.8 Å². The average Bonchev–Trinajstić information content (AvgIpc) is 2.29. The molecule has 0 heterocycles. The topological polar surface area (TPSA) is 103 Å². The fraction of sp³-hybridized carbons (Fsp3) is 0.100. The maximum Gasteiger partial charge on any atom is 0.180 e. The number of nitrogens with two attached hydrogens (primary N) is 2. The third kappa shape index (κ3) is 2.67. The van der Waals surface area contributed by atoms with E-state index < -0.39 is 0 Å². The minimum Gasteiger partial charge on any atom is -0.375 e. The summed E-state index contributed by atoms with van der Waals surface area (Å²) in [5.41, 5.74) is 6.83. The first-order valence-electron chi connectivity index (χ1n) is 4.33. The van der Waals surface area contributed by atoms with E-state index in [1.165, 1.54) is 6.07 Å². The SMILES string of the molecule is N#Cc1ccc(CN(N)C(N)=S)c(C#N)c1. The van der Waals surface area contributed by atoms with E-state index >= 15 is 0 Å². The van der Waals surface area contributed by atoms with Crippen LogP contribution in [-0.4, -0.2) is 10.1 Å². The Morgan fingerprint density at radius 2 is 2.06 bits per heavy atom. The molecule has 6 heteroatoms. The van der Waals surface area contributed by atoms with E-state index in [1.807, 2.05) is 12.1 Å². The maximum absolute atomic E-state index is 8.91. The van der Waals surface area contributed by atoms with Gasteiger partial charge in [-0.05, 0) is 29.9 Å². The van der Waals surface area contributed by atoms with E-state index in [2.05, 4.69) is 12.2 Å². The predicted octanol–water partition coefficient (Wildman–Crippen LogP) is 0.349. The molecule has 1 aromatic carbocycles. The van der Waals surface area contributed by atoms with Crippen LogP contribution in [0.1, 0.15) is 16.7 Å². The van der Waals surface area contributed by atoms with Gasteiger partial charge >= 0.3 is 0 Å². The van der Waals surface area contributed by atoms with Crippen LogP contribution in [0.2, 0.25) is 0 Å². The van der Waals surface area contributed by atoms with Crippen LogP contribution in [0.25, 0.3) is 0 Å². The monoisotopic (exact) mass is 231 g/mol. The third-order valence-electron chi connectivity index (χ3n) is 1.98. The molecule has 5 nitrogen and oxygen atoms in total. The Morgan fingerprint density at radius 3 is 2.56 bits per heavy atom. The smallest absolute Gasteiger partial charge is 0.180 e. The Kier molecular flexibility index (Phi) is 3.78. The summed E-state index contributed by atoms with van der Waals surface area (Å²) < 4.78 is 0. The summed E-state index contributed by atoms with van der Waals surface area (Å²) in [5.74, 6) is 5.54. The molecule has 16 heavy (non-hydrogen) atoms. The molecule has 0 bridgehead atoms. The van der Waals surface area contributed by atoms with Gasteiger partial charge < -0.3 is 5.73 Å². The van der Waals surface area contributed by atoms with Crippen LogP contribution >= 0.6 is 12.2 Å². The van der Waals surface area contributed by atoms with E-state index in [-0.39, 0.29) is 11.7 Å². The zero-order chi connectivity index (χ0) is 12.1. The average molecular weight is 231 g/mol. The van der Waals surface area contributed by atoms with Gasteiger partial charge in [-0.2, -0.15) is 10.5 Å². The number of hydrogen-bond acceptors (Lipinski definition) is 4. The van der Waals surface area contributed by atoms with E-state index in [4.69, 9.17) is 22.1 Å². The quantitative estimate of drug-likeness (QED) is 0.432. The number of hydrazine groups is 1.